The van der Waals surface area contributed by atoms with Crippen molar-refractivity contribution < 1.29 is 28.6 Å². The highest BCUT2D eigenvalue weighted by Crippen LogP contribution is 2.15. The third-order valence-electron chi connectivity index (χ3n) is 13.4. The molecule has 1 unspecified atom stereocenters. The van der Waals surface area contributed by atoms with Crippen LogP contribution < -0.4 is 0 Å². The van der Waals surface area contributed by atoms with Crippen molar-refractivity contribution in [3.63, 3.8) is 0 Å². The molecular weight excluding hydrogens is 961 g/mol. The second kappa shape index (κ2) is 65.1. The molecule has 0 heterocycles. The first-order chi connectivity index (χ1) is 38.5. The monoisotopic (exact) mass is 1080 g/mol. The molecule has 0 bridgehead atoms. The van der Waals surface area contributed by atoms with Gasteiger partial charge in [-0.05, 0) is 135 Å². The van der Waals surface area contributed by atoms with Gasteiger partial charge in [0.05, 0.1) is 0 Å². The standard InChI is InChI=1S/C72H118O6/c1-4-7-10-13-16-19-22-24-26-28-30-31-32-33-34-35-36-37-38-39-40-41-42-44-45-47-50-53-56-59-62-65-71(74)77-68-69(67-76-70(73)64-61-58-55-52-49-21-18-15-12-9-6-3)78-72(75)66-63-60-57-54-51-48-46-43-29-27-25-23-20-17-14-11-8-5-2/h7,10,15-16,18-20,23-24,26-27,29-31,33-34,36-37,39-40,42,44,69H,4-6,8-9,11-14,17,21-22,25,28,32,35,38,41,43,45-68H2,1-3H3/b10-7-,18-15-,19-16-,23-20-,26-24-,29-27-,31-30-,34-33-,37-36-,40-39-,44-42-. The Labute approximate surface area is 481 Å². The Hall–Kier alpha value is -4.45. The van der Waals surface area contributed by atoms with E-state index in [0.717, 1.165) is 148 Å². The van der Waals surface area contributed by atoms with Gasteiger partial charge in [0.15, 0.2) is 6.10 Å². The Morgan fingerprint density at radius 3 is 0.833 bits per heavy atom. The highest BCUT2D eigenvalue weighted by molar-refractivity contribution is 5.71. The average molecular weight is 1080 g/mol. The van der Waals surface area contributed by atoms with Crippen LogP contribution in [0.5, 0.6) is 0 Å². The van der Waals surface area contributed by atoms with E-state index < -0.39 is 6.10 Å². The number of hydrogen-bond donors (Lipinski definition) is 0. The van der Waals surface area contributed by atoms with Gasteiger partial charge in [0, 0.05) is 19.3 Å². The van der Waals surface area contributed by atoms with E-state index in [2.05, 4.69) is 154 Å². The number of carbonyl (C=O) groups excluding carboxylic acids is 3. The summed E-state index contributed by atoms with van der Waals surface area (Å²) in [6, 6.07) is 0. The lowest BCUT2D eigenvalue weighted by Crippen LogP contribution is -2.30. The molecule has 0 saturated heterocycles. The molecule has 6 nitrogen and oxygen atoms in total. The SMILES string of the molecule is CC/C=C\C/C=C\C/C=C\C/C=C\C/C=C\C/C=C\C/C=C\C/C=C\CCCCCCCCC(=O)OCC(COC(=O)CCCCCCC/C=C\CCCC)OC(=O)CCCCCCCCC/C=C\C/C=C\CCCCCC. The largest absolute Gasteiger partial charge is 0.462 e. The molecule has 0 radical (unpaired) electrons. The van der Waals surface area contributed by atoms with E-state index in [1.807, 2.05) is 0 Å². The molecule has 1 atom stereocenters. The van der Waals surface area contributed by atoms with Crippen LogP contribution in [0.25, 0.3) is 0 Å². The molecule has 78 heavy (non-hydrogen) atoms. The number of esters is 3. The van der Waals surface area contributed by atoms with Gasteiger partial charge in [-0.25, -0.2) is 0 Å². The first kappa shape index (κ1) is 73.5. The van der Waals surface area contributed by atoms with Crippen LogP contribution >= 0.6 is 0 Å². The van der Waals surface area contributed by atoms with Gasteiger partial charge < -0.3 is 14.2 Å². The number of hydrogen-bond acceptors (Lipinski definition) is 6. The normalized spacial score (nSPS) is 13.0. The van der Waals surface area contributed by atoms with Crippen molar-refractivity contribution in [2.75, 3.05) is 13.2 Å². The fraction of sp³-hybridized carbons (Fsp3) is 0.653. The van der Waals surface area contributed by atoms with Gasteiger partial charge in [0.1, 0.15) is 13.2 Å². The molecule has 0 spiro atoms. The summed E-state index contributed by atoms with van der Waals surface area (Å²) in [6.07, 6.45) is 91.7. The lowest BCUT2D eigenvalue weighted by molar-refractivity contribution is -0.167. The van der Waals surface area contributed by atoms with E-state index in [4.69, 9.17) is 14.2 Å². The minimum atomic E-state index is -0.796. The molecule has 0 aliphatic rings. The van der Waals surface area contributed by atoms with Crippen LogP contribution in [0.3, 0.4) is 0 Å². The second-order valence-corrected chi connectivity index (χ2v) is 20.9. The van der Waals surface area contributed by atoms with Crippen LogP contribution in [-0.4, -0.2) is 37.2 Å². The molecule has 0 rings (SSSR count). The summed E-state index contributed by atoms with van der Waals surface area (Å²) >= 11 is 0. The highest BCUT2D eigenvalue weighted by Gasteiger charge is 2.19. The molecule has 0 fully saturated rings. The van der Waals surface area contributed by atoms with Gasteiger partial charge in [-0.2, -0.15) is 0 Å². The number of allylic oxidation sites excluding steroid dienone is 22. The van der Waals surface area contributed by atoms with E-state index in [-0.39, 0.29) is 31.1 Å². The highest BCUT2D eigenvalue weighted by atomic mass is 16.6. The molecule has 0 aromatic carbocycles. The minimum Gasteiger partial charge on any atom is -0.462 e. The van der Waals surface area contributed by atoms with Gasteiger partial charge in [-0.3, -0.25) is 14.4 Å². The maximum Gasteiger partial charge on any atom is 0.306 e. The molecule has 0 aromatic heterocycles. The van der Waals surface area contributed by atoms with Crippen molar-refractivity contribution >= 4 is 17.9 Å². The first-order valence-electron chi connectivity index (χ1n) is 32.2. The third kappa shape index (κ3) is 62.4. The molecule has 0 amide bonds. The molecule has 0 aliphatic heterocycles. The topological polar surface area (TPSA) is 78.9 Å². The molecular formula is C72H118O6. The zero-order valence-corrected chi connectivity index (χ0v) is 50.6. The van der Waals surface area contributed by atoms with Crippen LogP contribution in [0.1, 0.15) is 284 Å². The fourth-order valence-corrected chi connectivity index (χ4v) is 8.53. The van der Waals surface area contributed by atoms with E-state index in [1.54, 1.807) is 0 Å². The fourth-order valence-electron chi connectivity index (χ4n) is 8.53. The van der Waals surface area contributed by atoms with Crippen molar-refractivity contribution in [1.29, 1.82) is 0 Å². The van der Waals surface area contributed by atoms with Crippen molar-refractivity contribution in [2.45, 2.75) is 290 Å². The average Bonchev–Trinajstić information content (AvgIpc) is 3.44. The van der Waals surface area contributed by atoms with Crippen molar-refractivity contribution in [3.8, 4) is 0 Å². The Balaban J connectivity index is 4.32. The van der Waals surface area contributed by atoms with Crippen molar-refractivity contribution in [2.24, 2.45) is 0 Å². The van der Waals surface area contributed by atoms with Crippen LogP contribution in [-0.2, 0) is 28.6 Å². The van der Waals surface area contributed by atoms with Gasteiger partial charge in [0.25, 0.3) is 0 Å². The molecule has 0 N–H and O–H groups in total. The predicted molar refractivity (Wildman–Crippen MR) is 339 cm³/mol. The zero-order chi connectivity index (χ0) is 56.4. The Bertz CT molecular complexity index is 1670. The lowest BCUT2D eigenvalue weighted by Gasteiger charge is -2.18. The van der Waals surface area contributed by atoms with Crippen LogP contribution in [0.4, 0.5) is 0 Å². The Morgan fingerprint density at radius 1 is 0.269 bits per heavy atom. The van der Waals surface area contributed by atoms with E-state index >= 15 is 0 Å². The Kier molecular flexibility index (Phi) is 61.4. The van der Waals surface area contributed by atoms with Gasteiger partial charge in [0.2, 0.25) is 0 Å². The molecule has 442 valence electrons. The number of unbranched alkanes of at least 4 members (excludes halogenated alkanes) is 24. The number of ether oxygens (including phenoxy) is 3. The summed E-state index contributed by atoms with van der Waals surface area (Å²) in [6.45, 7) is 6.45. The molecule has 0 saturated carbocycles. The summed E-state index contributed by atoms with van der Waals surface area (Å²) in [5.74, 6) is -0.924. The molecule has 6 heteroatoms. The van der Waals surface area contributed by atoms with Gasteiger partial charge >= 0.3 is 17.9 Å². The van der Waals surface area contributed by atoms with Gasteiger partial charge in [-0.15, -0.1) is 0 Å². The minimum absolute atomic E-state index is 0.0931. The summed E-state index contributed by atoms with van der Waals surface area (Å²) in [7, 11) is 0. The number of carbonyl (C=O) groups is 3. The second-order valence-electron chi connectivity index (χ2n) is 20.9. The molecule has 0 aliphatic carbocycles. The van der Waals surface area contributed by atoms with Crippen molar-refractivity contribution in [1.82, 2.24) is 0 Å². The van der Waals surface area contributed by atoms with E-state index in [1.165, 1.54) is 96.3 Å². The smallest absolute Gasteiger partial charge is 0.306 e. The zero-order valence-electron chi connectivity index (χ0n) is 50.6. The Morgan fingerprint density at radius 2 is 0.513 bits per heavy atom. The lowest BCUT2D eigenvalue weighted by atomic mass is 10.1. The maximum absolute atomic E-state index is 12.9. The number of rotatable bonds is 57. The summed E-state index contributed by atoms with van der Waals surface area (Å²) < 4.78 is 16.9. The molecule has 0 aromatic rings. The van der Waals surface area contributed by atoms with Gasteiger partial charge in [-0.1, -0.05) is 264 Å². The van der Waals surface area contributed by atoms with Crippen LogP contribution in [0.15, 0.2) is 134 Å². The van der Waals surface area contributed by atoms with Crippen LogP contribution in [0.2, 0.25) is 0 Å². The predicted octanol–water partition coefficient (Wildman–Crippen LogP) is 22.2. The third-order valence-corrected chi connectivity index (χ3v) is 13.4. The quantitative estimate of drug-likeness (QED) is 0.0261. The van der Waals surface area contributed by atoms with E-state index in [0.29, 0.717) is 19.3 Å². The maximum atomic E-state index is 12.9. The summed E-state index contributed by atoms with van der Waals surface area (Å²) in [5.41, 5.74) is 0. The summed E-state index contributed by atoms with van der Waals surface area (Å²) in [4.78, 5) is 38.2. The summed E-state index contributed by atoms with van der Waals surface area (Å²) in [5, 5.41) is 0. The van der Waals surface area contributed by atoms with E-state index in [9.17, 15) is 14.4 Å². The van der Waals surface area contributed by atoms with Crippen LogP contribution in [0, 0.1) is 0 Å². The van der Waals surface area contributed by atoms with Crippen molar-refractivity contribution in [3.05, 3.63) is 134 Å². The first-order valence-corrected chi connectivity index (χ1v) is 32.2.